The van der Waals surface area contributed by atoms with Crippen LogP contribution in [0.3, 0.4) is 0 Å². The number of hydrogen-bond acceptors (Lipinski definition) is 4. The fourth-order valence-electron chi connectivity index (χ4n) is 4.53. The van der Waals surface area contributed by atoms with Gasteiger partial charge in [0.1, 0.15) is 0 Å². The molecule has 4 amide bonds. The summed E-state index contributed by atoms with van der Waals surface area (Å²) in [6.07, 6.45) is 4.51. The highest BCUT2D eigenvalue weighted by Gasteiger charge is 2.33. The maximum atomic E-state index is 12.8. The highest BCUT2D eigenvalue weighted by molar-refractivity contribution is 5.81. The summed E-state index contributed by atoms with van der Waals surface area (Å²) in [5.74, 6) is -1.75. The number of rotatable bonds is 10. The van der Waals surface area contributed by atoms with Gasteiger partial charge < -0.3 is 22.1 Å². The topological polar surface area (TPSA) is 144 Å². The molecule has 8 heteroatoms. The van der Waals surface area contributed by atoms with Crippen molar-refractivity contribution in [1.29, 1.82) is 0 Å². The van der Waals surface area contributed by atoms with Crippen LogP contribution in [0.15, 0.2) is 0 Å². The van der Waals surface area contributed by atoms with Gasteiger partial charge in [-0.2, -0.15) is 0 Å². The molecular weight excluding hydrogens is 396 g/mol. The van der Waals surface area contributed by atoms with Gasteiger partial charge in [-0.05, 0) is 66.2 Å². The fraction of sp³-hybridized carbons (Fsp3) is 0.826. The zero-order chi connectivity index (χ0) is 24.0. The molecule has 0 heterocycles. The summed E-state index contributed by atoms with van der Waals surface area (Å²) in [5.41, 5.74) is 9.64. The minimum atomic E-state index is -0.532. The quantitative estimate of drug-likeness (QED) is 0.387. The zero-order valence-corrected chi connectivity index (χ0v) is 20.0. The normalized spacial score (nSPS) is 22.0. The third-order valence-electron chi connectivity index (χ3n) is 6.24. The molecule has 8 nitrogen and oxygen atoms in total. The van der Waals surface area contributed by atoms with Crippen LogP contribution in [0, 0.1) is 23.7 Å². The Bertz CT molecular complexity index is 618. The lowest BCUT2D eigenvalue weighted by molar-refractivity contribution is -0.129. The van der Waals surface area contributed by atoms with Crippen molar-refractivity contribution >= 4 is 23.6 Å². The molecule has 0 aromatic rings. The van der Waals surface area contributed by atoms with Crippen LogP contribution in [-0.2, 0) is 19.2 Å². The lowest BCUT2D eigenvalue weighted by Gasteiger charge is -2.31. The highest BCUT2D eigenvalue weighted by Crippen LogP contribution is 2.29. The Balaban J connectivity index is 2.62. The maximum Gasteiger partial charge on any atom is 0.223 e. The van der Waals surface area contributed by atoms with E-state index in [1.165, 1.54) is 0 Å². The number of carbonyl (C=O) groups is 4. The van der Waals surface area contributed by atoms with E-state index in [4.69, 9.17) is 11.5 Å². The highest BCUT2D eigenvalue weighted by atomic mass is 16.2. The van der Waals surface area contributed by atoms with Crippen molar-refractivity contribution in [2.45, 2.75) is 97.6 Å². The van der Waals surface area contributed by atoms with Gasteiger partial charge in [0.25, 0.3) is 0 Å². The molecule has 1 aliphatic rings. The van der Waals surface area contributed by atoms with Gasteiger partial charge in [0.05, 0.1) is 0 Å². The summed E-state index contributed by atoms with van der Waals surface area (Å²) in [5, 5.41) is 6.13. The van der Waals surface area contributed by atoms with Crippen LogP contribution < -0.4 is 22.1 Å². The van der Waals surface area contributed by atoms with Crippen molar-refractivity contribution in [2.75, 3.05) is 0 Å². The first-order valence-electron chi connectivity index (χ1n) is 11.4. The van der Waals surface area contributed by atoms with E-state index in [1.54, 1.807) is 13.8 Å². The molecule has 0 saturated heterocycles. The molecule has 0 aliphatic heterocycles. The van der Waals surface area contributed by atoms with Crippen molar-refractivity contribution in [3.63, 3.8) is 0 Å². The van der Waals surface area contributed by atoms with E-state index >= 15 is 0 Å². The standard InChI is InChI=1S/C23H42N4O4/c1-14(18(24)28)12-22(3,4)26-20(30)16-8-7-9-17(11-10-16)21(31)27-23(5,6)13-15(2)19(25)29/h14-17H,7-13H2,1-6H3,(H2,24,28)(H2,25,29)(H,26,30)(H,27,31). The SMILES string of the molecule is CC(CC(C)(C)NC(=O)C1CCCC(C(=O)NC(C)(C)CC(C)C(N)=O)CC1)C(N)=O. The van der Waals surface area contributed by atoms with Crippen LogP contribution in [-0.4, -0.2) is 34.7 Å². The zero-order valence-electron chi connectivity index (χ0n) is 20.0. The van der Waals surface area contributed by atoms with Crippen molar-refractivity contribution in [2.24, 2.45) is 35.1 Å². The number of primary amides is 2. The van der Waals surface area contributed by atoms with Crippen molar-refractivity contribution in [3.05, 3.63) is 0 Å². The van der Waals surface area contributed by atoms with E-state index in [9.17, 15) is 19.2 Å². The van der Waals surface area contributed by atoms with Gasteiger partial charge in [-0.15, -0.1) is 0 Å². The summed E-state index contributed by atoms with van der Waals surface area (Å²) in [7, 11) is 0. The predicted molar refractivity (Wildman–Crippen MR) is 120 cm³/mol. The molecular formula is C23H42N4O4. The van der Waals surface area contributed by atoms with Crippen LogP contribution in [0.4, 0.5) is 0 Å². The van der Waals surface area contributed by atoms with Crippen LogP contribution >= 0.6 is 0 Å². The Labute approximate surface area is 186 Å². The van der Waals surface area contributed by atoms with Gasteiger partial charge in [-0.3, -0.25) is 19.2 Å². The molecule has 1 rings (SSSR count). The Morgan fingerprint density at radius 1 is 0.742 bits per heavy atom. The van der Waals surface area contributed by atoms with Crippen molar-refractivity contribution in [3.8, 4) is 0 Å². The van der Waals surface area contributed by atoms with E-state index in [2.05, 4.69) is 10.6 Å². The average molecular weight is 439 g/mol. The second-order valence-electron chi connectivity index (χ2n) is 10.7. The monoisotopic (exact) mass is 438 g/mol. The summed E-state index contributed by atoms with van der Waals surface area (Å²) in [6, 6.07) is 0. The van der Waals surface area contributed by atoms with Gasteiger partial charge in [0.2, 0.25) is 23.6 Å². The summed E-state index contributed by atoms with van der Waals surface area (Å²) in [4.78, 5) is 48.4. The molecule has 6 N–H and O–H groups in total. The minimum absolute atomic E-state index is 0.0293. The molecule has 1 saturated carbocycles. The Morgan fingerprint density at radius 3 is 1.35 bits per heavy atom. The van der Waals surface area contributed by atoms with E-state index in [0.717, 1.165) is 19.3 Å². The Hall–Kier alpha value is -2.12. The van der Waals surface area contributed by atoms with Gasteiger partial charge in [0.15, 0.2) is 0 Å². The molecule has 0 aromatic heterocycles. The minimum Gasteiger partial charge on any atom is -0.369 e. The lowest BCUT2D eigenvalue weighted by atomic mass is 9.89. The van der Waals surface area contributed by atoms with Gasteiger partial charge >= 0.3 is 0 Å². The van der Waals surface area contributed by atoms with E-state index in [-0.39, 0.29) is 47.3 Å². The third kappa shape index (κ3) is 9.27. The lowest BCUT2D eigenvalue weighted by Crippen LogP contribution is -2.48. The largest absolute Gasteiger partial charge is 0.369 e. The first-order valence-corrected chi connectivity index (χ1v) is 11.4. The molecule has 31 heavy (non-hydrogen) atoms. The van der Waals surface area contributed by atoms with Crippen LogP contribution in [0.25, 0.3) is 0 Å². The maximum absolute atomic E-state index is 12.8. The van der Waals surface area contributed by atoms with E-state index in [0.29, 0.717) is 25.7 Å². The van der Waals surface area contributed by atoms with Gasteiger partial charge in [-0.25, -0.2) is 0 Å². The predicted octanol–water partition coefficient (Wildman–Crippen LogP) is 2.00. The first-order chi connectivity index (χ1) is 14.1. The fourth-order valence-corrected chi connectivity index (χ4v) is 4.53. The average Bonchev–Trinajstić information content (AvgIpc) is 2.86. The Morgan fingerprint density at radius 2 is 1.06 bits per heavy atom. The number of nitrogens with two attached hydrogens (primary N) is 2. The summed E-state index contributed by atoms with van der Waals surface area (Å²) in [6.45, 7) is 11.1. The molecule has 0 radical (unpaired) electrons. The van der Waals surface area contributed by atoms with Crippen molar-refractivity contribution < 1.29 is 19.2 Å². The molecule has 178 valence electrons. The van der Waals surface area contributed by atoms with Gasteiger partial charge in [0, 0.05) is 34.7 Å². The molecule has 0 bridgehead atoms. The number of nitrogens with one attached hydrogen (secondary N) is 2. The summed E-state index contributed by atoms with van der Waals surface area (Å²) < 4.78 is 0. The molecule has 4 atom stereocenters. The number of hydrogen-bond donors (Lipinski definition) is 4. The van der Waals surface area contributed by atoms with Crippen LogP contribution in [0.2, 0.25) is 0 Å². The molecule has 1 fully saturated rings. The number of carbonyl (C=O) groups excluding carboxylic acids is 4. The molecule has 0 aromatic carbocycles. The van der Waals surface area contributed by atoms with Crippen LogP contribution in [0.1, 0.15) is 86.5 Å². The molecule has 0 spiro atoms. The smallest absolute Gasteiger partial charge is 0.223 e. The third-order valence-corrected chi connectivity index (χ3v) is 6.24. The molecule has 1 aliphatic carbocycles. The van der Waals surface area contributed by atoms with Crippen molar-refractivity contribution in [1.82, 2.24) is 10.6 Å². The number of amides is 4. The first kappa shape index (κ1) is 26.9. The van der Waals surface area contributed by atoms with Gasteiger partial charge in [-0.1, -0.05) is 20.3 Å². The second-order valence-corrected chi connectivity index (χ2v) is 10.7. The van der Waals surface area contributed by atoms with E-state index < -0.39 is 11.1 Å². The Kier molecular flexibility index (Phi) is 9.51. The van der Waals surface area contributed by atoms with E-state index in [1.807, 2.05) is 27.7 Å². The second kappa shape index (κ2) is 11.0. The molecule has 4 unspecified atom stereocenters. The summed E-state index contributed by atoms with van der Waals surface area (Å²) >= 11 is 0. The van der Waals surface area contributed by atoms with Crippen LogP contribution in [0.5, 0.6) is 0 Å².